The molecule has 1 saturated carbocycles. The number of fused-ring (bicyclic) bond motifs is 4. The molecule has 2 aliphatic heterocycles. The van der Waals surface area contributed by atoms with Crippen molar-refractivity contribution in [3.63, 3.8) is 0 Å². The molecule has 138 valence electrons. The highest BCUT2D eigenvalue weighted by atomic mass is 16.5. The zero-order valence-electron chi connectivity index (χ0n) is 15.4. The first-order valence-corrected chi connectivity index (χ1v) is 9.68. The van der Waals surface area contributed by atoms with Crippen LogP contribution in [-0.2, 0) is 27.9 Å². The Balaban J connectivity index is 1.86. The lowest BCUT2D eigenvalue weighted by molar-refractivity contribution is -0.155. The van der Waals surface area contributed by atoms with Crippen LogP contribution in [0.15, 0.2) is 24.3 Å². The topological polar surface area (TPSA) is 63.5 Å². The molecule has 2 aromatic rings. The standard InChI is InChI=1S/C21H26N2O3/c1-12(24)16-9-13-10-21(20(25)26-2)18(16)22-8-7-15-14-5-3-4-6-17(14)23(11-13)19(15)21/h3-6,12-13,16,18,22,24H,7-11H2,1-2H3/t12-,13-,16+,18+,21-/m0/s1. The highest BCUT2D eigenvalue weighted by Crippen LogP contribution is 2.54. The molecule has 1 aromatic heterocycles. The van der Waals surface area contributed by atoms with Gasteiger partial charge in [0.2, 0.25) is 0 Å². The first-order chi connectivity index (χ1) is 12.6. The largest absolute Gasteiger partial charge is 0.468 e. The number of ether oxygens (including phenoxy) is 1. The van der Waals surface area contributed by atoms with Gasteiger partial charge in [0.05, 0.1) is 13.2 Å². The van der Waals surface area contributed by atoms with E-state index in [9.17, 15) is 9.90 Å². The molecule has 5 atom stereocenters. The molecule has 26 heavy (non-hydrogen) atoms. The van der Waals surface area contributed by atoms with Crippen LogP contribution in [0.4, 0.5) is 0 Å². The van der Waals surface area contributed by atoms with Gasteiger partial charge in [0.1, 0.15) is 5.41 Å². The third-order valence-corrected chi connectivity index (χ3v) is 7.02. The number of aliphatic hydroxyl groups is 1. The van der Waals surface area contributed by atoms with Gasteiger partial charge in [0.25, 0.3) is 0 Å². The predicted octanol–water partition coefficient (Wildman–Crippen LogP) is 1.99. The van der Waals surface area contributed by atoms with E-state index in [-0.39, 0.29) is 17.9 Å². The molecule has 2 N–H and O–H groups in total. The number of rotatable bonds is 2. The molecule has 0 spiro atoms. The van der Waals surface area contributed by atoms with Gasteiger partial charge in [-0.05, 0) is 50.3 Å². The van der Waals surface area contributed by atoms with Gasteiger partial charge >= 0.3 is 5.97 Å². The van der Waals surface area contributed by atoms with Crippen LogP contribution in [0, 0.1) is 11.8 Å². The molecule has 2 bridgehead atoms. The van der Waals surface area contributed by atoms with Crippen LogP contribution in [0.2, 0.25) is 0 Å². The third-order valence-electron chi connectivity index (χ3n) is 7.02. The molecule has 5 heteroatoms. The molecule has 1 aliphatic carbocycles. The minimum absolute atomic E-state index is 0.0607. The van der Waals surface area contributed by atoms with Crippen LogP contribution in [0.25, 0.3) is 10.9 Å². The summed E-state index contributed by atoms with van der Waals surface area (Å²) in [4.78, 5) is 13.3. The fourth-order valence-electron chi connectivity index (χ4n) is 6.16. The summed E-state index contributed by atoms with van der Waals surface area (Å²) in [7, 11) is 1.49. The van der Waals surface area contributed by atoms with Gasteiger partial charge < -0.3 is 19.7 Å². The summed E-state index contributed by atoms with van der Waals surface area (Å²) in [6.45, 7) is 3.60. The second-order valence-corrected chi connectivity index (χ2v) is 8.31. The fourth-order valence-corrected chi connectivity index (χ4v) is 6.16. The summed E-state index contributed by atoms with van der Waals surface area (Å²) in [6.07, 6.45) is 2.20. The Hall–Kier alpha value is -1.85. The Labute approximate surface area is 153 Å². The smallest absolute Gasteiger partial charge is 0.319 e. The van der Waals surface area contributed by atoms with Crippen molar-refractivity contribution in [2.24, 2.45) is 11.8 Å². The molecule has 3 aliphatic rings. The Morgan fingerprint density at radius 3 is 3.00 bits per heavy atom. The molecule has 1 aromatic carbocycles. The summed E-state index contributed by atoms with van der Waals surface area (Å²) in [5, 5.41) is 15.4. The third kappa shape index (κ3) is 1.90. The Bertz CT molecular complexity index is 872. The number of hydrogen-bond donors (Lipinski definition) is 2. The number of benzene rings is 1. The average molecular weight is 354 g/mol. The zero-order chi connectivity index (χ0) is 18.1. The van der Waals surface area contributed by atoms with Crippen molar-refractivity contribution in [2.45, 2.75) is 50.3 Å². The van der Waals surface area contributed by atoms with E-state index in [4.69, 9.17) is 4.74 Å². The van der Waals surface area contributed by atoms with E-state index < -0.39 is 11.5 Å². The fraction of sp³-hybridized carbons (Fsp3) is 0.571. The van der Waals surface area contributed by atoms with E-state index in [2.05, 4.69) is 34.1 Å². The molecule has 0 amide bonds. The van der Waals surface area contributed by atoms with E-state index in [1.54, 1.807) is 0 Å². The SMILES string of the molecule is COC(=O)[C@@]12C[C@@H]3C[C@H]([C@H](C)O)[C@H]1NCCc1c2n(c2ccccc12)C3. The van der Waals surface area contributed by atoms with Crippen LogP contribution in [0.5, 0.6) is 0 Å². The lowest BCUT2D eigenvalue weighted by atomic mass is 9.57. The summed E-state index contributed by atoms with van der Waals surface area (Å²) >= 11 is 0. The van der Waals surface area contributed by atoms with E-state index in [1.807, 2.05) is 6.92 Å². The van der Waals surface area contributed by atoms with Crippen molar-refractivity contribution < 1.29 is 14.6 Å². The predicted molar refractivity (Wildman–Crippen MR) is 99.0 cm³/mol. The lowest BCUT2D eigenvalue weighted by Crippen LogP contribution is -2.64. The van der Waals surface area contributed by atoms with Crippen LogP contribution < -0.4 is 5.32 Å². The normalized spacial score (nSPS) is 33.6. The average Bonchev–Trinajstić information content (AvgIpc) is 2.84. The molecular formula is C21H26N2O3. The maximum Gasteiger partial charge on any atom is 0.319 e. The highest BCUT2D eigenvalue weighted by Gasteiger charge is 2.61. The van der Waals surface area contributed by atoms with Crippen LogP contribution >= 0.6 is 0 Å². The van der Waals surface area contributed by atoms with Crippen molar-refractivity contribution >= 4 is 16.9 Å². The van der Waals surface area contributed by atoms with Gasteiger partial charge in [0, 0.05) is 35.1 Å². The molecule has 5 nitrogen and oxygen atoms in total. The van der Waals surface area contributed by atoms with Crippen molar-refractivity contribution in [1.82, 2.24) is 9.88 Å². The summed E-state index contributed by atoms with van der Waals surface area (Å²) in [5.74, 6) is 0.281. The molecule has 5 rings (SSSR count). The second-order valence-electron chi connectivity index (χ2n) is 8.31. The Kier molecular flexibility index (Phi) is 3.50. The van der Waals surface area contributed by atoms with Crippen LogP contribution in [-0.4, -0.2) is 41.4 Å². The second kappa shape index (κ2) is 5.57. The van der Waals surface area contributed by atoms with Gasteiger partial charge in [-0.15, -0.1) is 0 Å². The summed E-state index contributed by atoms with van der Waals surface area (Å²) < 4.78 is 7.77. The number of aromatic nitrogens is 1. The molecule has 0 unspecified atom stereocenters. The first-order valence-electron chi connectivity index (χ1n) is 9.68. The van der Waals surface area contributed by atoms with Crippen LogP contribution in [0.3, 0.4) is 0 Å². The van der Waals surface area contributed by atoms with Gasteiger partial charge in [-0.2, -0.15) is 0 Å². The molecule has 3 heterocycles. The van der Waals surface area contributed by atoms with Crippen LogP contribution in [0.1, 0.15) is 31.0 Å². The Morgan fingerprint density at radius 2 is 2.23 bits per heavy atom. The highest BCUT2D eigenvalue weighted by molar-refractivity contribution is 5.92. The molecule has 1 fully saturated rings. The number of nitrogens with zero attached hydrogens (tertiary/aromatic N) is 1. The lowest BCUT2D eigenvalue weighted by Gasteiger charge is -2.53. The number of methoxy groups -OCH3 is 1. The van der Waals surface area contributed by atoms with Crippen molar-refractivity contribution in [1.29, 1.82) is 0 Å². The number of aliphatic hydroxyl groups excluding tert-OH is 1. The van der Waals surface area contributed by atoms with Crippen molar-refractivity contribution in [3.05, 3.63) is 35.5 Å². The number of carbonyl (C=O) groups excluding carboxylic acids is 1. The van der Waals surface area contributed by atoms with E-state index in [0.29, 0.717) is 5.92 Å². The maximum atomic E-state index is 13.3. The van der Waals surface area contributed by atoms with Crippen molar-refractivity contribution in [3.8, 4) is 0 Å². The maximum absolute atomic E-state index is 13.3. The van der Waals surface area contributed by atoms with Gasteiger partial charge in [-0.3, -0.25) is 4.79 Å². The monoisotopic (exact) mass is 354 g/mol. The first kappa shape index (κ1) is 16.3. The van der Waals surface area contributed by atoms with Gasteiger partial charge in [0.15, 0.2) is 0 Å². The molecule has 0 saturated heterocycles. The number of nitrogens with one attached hydrogen (secondary N) is 1. The minimum atomic E-state index is -0.706. The zero-order valence-corrected chi connectivity index (χ0v) is 15.4. The number of hydrogen-bond acceptors (Lipinski definition) is 4. The van der Waals surface area contributed by atoms with Gasteiger partial charge in [-0.25, -0.2) is 0 Å². The molecular weight excluding hydrogens is 328 g/mol. The minimum Gasteiger partial charge on any atom is -0.468 e. The number of para-hydroxylation sites is 1. The van der Waals surface area contributed by atoms with Crippen molar-refractivity contribution in [2.75, 3.05) is 13.7 Å². The van der Waals surface area contributed by atoms with Gasteiger partial charge in [-0.1, -0.05) is 18.2 Å². The van der Waals surface area contributed by atoms with E-state index in [1.165, 1.54) is 23.6 Å². The summed E-state index contributed by atoms with van der Waals surface area (Å²) in [5.41, 5.74) is 2.95. The quantitative estimate of drug-likeness (QED) is 0.810. The number of carbonyl (C=O) groups is 1. The van der Waals surface area contributed by atoms with E-state index >= 15 is 0 Å². The summed E-state index contributed by atoms with van der Waals surface area (Å²) in [6, 6.07) is 8.42. The molecule has 0 radical (unpaired) electrons. The van der Waals surface area contributed by atoms with E-state index in [0.717, 1.165) is 38.0 Å². The number of esters is 1. The Morgan fingerprint density at radius 1 is 1.42 bits per heavy atom.